The lowest BCUT2D eigenvalue weighted by Gasteiger charge is -2.61. The average molecular weight is 541 g/mol. The SMILES string of the molecule is C[C@H](NC(=O)C1CCCC1)C(=O)O[C@@H](C)C(=O)OC1=CC[C@@]2(O)[C@H]3Cc4ccc(O)c5c4[C@@]2(CCN3C)[C@H]1O5. The number of phenolic OH excluding ortho intramolecular Hbond substituents is 1. The standard InChI is InChI=1S/C29H36N2O8/c1-15(30-25(33)17-6-4-5-7-17)26(34)37-16(2)27(35)38-20-10-11-29(36)21-14-18-8-9-19(32)23-22(18)28(29,24(20)39-23)12-13-31(21)3/h8-10,15-17,21,24,32,36H,4-7,11-14H2,1-3H3,(H,30,33)/t15-,16-,21+,24-,28-,29+/m0/s1. The second-order valence-corrected chi connectivity index (χ2v) is 11.8. The summed E-state index contributed by atoms with van der Waals surface area (Å²) >= 11 is 0. The van der Waals surface area contributed by atoms with Gasteiger partial charge in [0.25, 0.3) is 0 Å². The summed E-state index contributed by atoms with van der Waals surface area (Å²) in [6, 6.07) is 2.43. The number of likely N-dealkylation sites (tertiary alicyclic amines) is 1. The molecule has 1 saturated carbocycles. The van der Waals surface area contributed by atoms with E-state index >= 15 is 0 Å². The molecular weight excluding hydrogens is 504 g/mol. The summed E-state index contributed by atoms with van der Waals surface area (Å²) in [5.74, 6) is -1.21. The van der Waals surface area contributed by atoms with Gasteiger partial charge in [0.15, 0.2) is 23.7 Å². The van der Waals surface area contributed by atoms with Gasteiger partial charge >= 0.3 is 11.9 Å². The summed E-state index contributed by atoms with van der Waals surface area (Å²) in [6.45, 7) is 3.66. The first kappa shape index (κ1) is 26.1. The van der Waals surface area contributed by atoms with Crippen molar-refractivity contribution in [3.63, 3.8) is 0 Å². The lowest BCUT2D eigenvalue weighted by Crippen LogP contribution is -2.74. The van der Waals surface area contributed by atoms with Gasteiger partial charge in [0.1, 0.15) is 11.8 Å². The number of likely N-dealkylation sites (N-methyl/N-ethyl adjacent to an activating group) is 1. The van der Waals surface area contributed by atoms with Crippen LogP contribution in [0.4, 0.5) is 0 Å². The number of esters is 2. The number of hydrogen-bond donors (Lipinski definition) is 3. The fourth-order valence-corrected chi connectivity index (χ4v) is 7.54. The highest BCUT2D eigenvalue weighted by Gasteiger charge is 2.72. The van der Waals surface area contributed by atoms with E-state index in [9.17, 15) is 24.6 Å². The Hall–Kier alpha value is -3.11. The highest BCUT2D eigenvalue weighted by Crippen LogP contribution is 2.65. The molecule has 210 valence electrons. The maximum atomic E-state index is 13.1. The number of rotatable bonds is 6. The second-order valence-electron chi connectivity index (χ2n) is 11.8. The van der Waals surface area contributed by atoms with Crippen molar-refractivity contribution in [3.8, 4) is 11.5 Å². The predicted octanol–water partition coefficient (Wildman–Crippen LogP) is 1.84. The molecule has 3 aliphatic carbocycles. The number of ether oxygens (including phenoxy) is 3. The molecule has 3 N–H and O–H groups in total. The number of nitrogens with one attached hydrogen (secondary N) is 1. The number of amides is 1. The minimum absolute atomic E-state index is 0.0149. The maximum absolute atomic E-state index is 13.1. The number of phenols is 1. The zero-order valence-corrected chi connectivity index (χ0v) is 22.6. The molecule has 39 heavy (non-hydrogen) atoms. The van der Waals surface area contributed by atoms with Gasteiger partial charge in [-0.1, -0.05) is 18.9 Å². The largest absolute Gasteiger partial charge is 0.504 e. The molecule has 6 rings (SSSR count). The molecule has 10 heteroatoms. The van der Waals surface area contributed by atoms with Crippen LogP contribution < -0.4 is 10.1 Å². The number of hydrogen-bond acceptors (Lipinski definition) is 9. The van der Waals surface area contributed by atoms with Crippen molar-refractivity contribution in [2.45, 2.75) is 94.1 Å². The molecule has 2 fully saturated rings. The summed E-state index contributed by atoms with van der Waals surface area (Å²) in [4.78, 5) is 40.3. The highest BCUT2D eigenvalue weighted by molar-refractivity contribution is 5.87. The number of piperidine rings is 1. The van der Waals surface area contributed by atoms with Crippen molar-refractivity contribution >= 4 is 17.8 Å². The molecule has 0 unspecified atom stereocenters. The quantitative estimate of drug-likeness (QED) is 0.462. The van der Waals surface area contributed by atoms with Gasteiger partial charge in [-0.05, 0) is 70.8 Å². The minimum Gasteiger partial charge on any atom is -0.504 e. The first-order valence-electron chi connectivity index (χ1n) is 13.9. The van der Waals surface area contributed by atoms with Gasteiger partial charge in [-0.25, -0.2) is 9.59 Å². The summed E-state index contributed by atoms with van der Waals surface area (Å²) in [7, 11) is 2.00. The molecule has 0 radical (unpaired) electrons. The van der Waals surface area contributed by atoms with Gasteiger partial charge < -0.3 is 34.6 Å². The third-order valence-electron chi connectivity index (χ3n) is 9.63. The molecule has 2 bridgehead atoms. The molecule has 1 saturated heterocycles. The predicted molar refractivity (Wildman–Crippen MR) is 138 cm³/mol. The Kier molecular flexibility index (Phi) is 6.18. The van der Waals surface area contributed by atoms with Crippen LogP contribution in [0.3, 0.4) is 0 Å². The van der Waals surface area contributed by atoms with E-state index in [-0.39, 0.29) is 35.8 Å². The van der Waals surface area contributed by atoms with E-state index in [2.05, 4.69) is 10.2 Å². The van der Waals surface area contributed by atoms with Crippen molar-refractivity contribution in [1.82, 2.24) is 10.2 Å². The van der Waals surface area contributed by atoms with Crippen LogP contribution in [0.2, 0.25) is 0 Å². The molecule has 1 spiro atoms. The van der Waals surface area contributed by atoms with Crippen LogP contribution in [0.15, 0.2) is 24.0 Å². The summed E-state index contributed by atoms with van der Waals surface area (Å²) < 4.78 is 17.4. The van der Waals surface area contributed by atoms with E-state index in [0.717, 1.165) is 36.8 Å². The van der Waals surface area contributed by atoms with Gasteiger partial charge in [0, 0.05) is 23.9 Å². The second kappa shape index (κ2) is 9.23. The first-order chi connectivity index (χ1) is 18.6. The van der Waals surface area contributed by atoms with E-state index in [4.69, 9.17) is 14.2 Å². The number of nitrogens with zero attached hydrogens (tertiary/aromatic N) is 1. The summed E-state index contributed by atoms with van der Waals surface area (Å²) in [6.07, 6.45) is 4.69. The molecule has 10 nitrogen and oxygen atoms in total. The smallest absolute Gasteiger partial charge is 0.352 e. The Balaban J connectivity index is 1.19. The van der Waals surface area contributed by atoms with Crippen molar-refractivity contribution in [1.29, 1.82) is 0 Å². The molecule has 0 aromatic heterocycles. The molecular formula is C29H36N2O8. The Morgan fingerprint density at radius 1 is 1.18 bits per heavy atom. The summed E-state index contributed by atoms with van der Waals surface area (Å²) in [5.41, 5.74) is -0.241. The average Bonchev–Trinajstić information content (AvgIpc) is 3.56. The van der Waals surface area contributed by atoms with E-state index in [1.54, 1.807) is 12.1 Å². The molecule has 2 heterocycles. The van der Waals surface area contributed by atoms with E-state index in [0.29, 0.717) is 25.1 Å². The van der Waals surface area contributed by atoms with Crippen LogP contribution in [-0.2, 0) is 35.7 Å². The van der Waals surface area contributed by atoms with E-state index in [1.165, 1.54) is 13.8 Å². The topological polar surface area (TPSA) is 135 Å². The van der Waals surface area contributed by atoms with Crippen LogP contribution in [-0.4, -0.2) is 76.4 Å². The molecule has 1 aromatic rings. The molecule has 5 aliphatic rings. The van der Waals surface area contributed by atoms with Crippen LogP contribution in [0, 0.1) is 5.92 Å². The zero-order valence-electron chi connectivity index (χ0n) is 22.6. The maximum Gasteiger partial charge on any atom is 0.352 e. The number of carbonyl (C=O) groups is 3. The number of aromatic hydroxyl groups is 1. The number of benzene rings is 1. The molecule has 6 atom stereocenters. The van der Waals surface area contributed by atoms with Crippen LogP contribution in [0.5, 0.6) is 11.5 Å². The fourth-order valence-electron chi connectivity index (χ4n) is 7.54. The van der Waals surface area contributed by atoms with Gasteiger partial charge in [0.2, 0.25) is 5.91 Å². The Bertz CT molecular complexity index is 1260. The van der Waals surface area contributed by atoms with Gasteiger partial charge in [-0.3, -0.25) is 4.79 Å². The molecule has 2 aliphatic heterocycles. The summed E-state index contributed by atoms with van der Waals surface area (Å²) in [5, 5.41) is 25.5. The van der Waals surface area contributed by atoms with Crippen molar-refractivity contribution in [2.75, 3.05) is 13.6 Å². The Labute approximate surface area is 227 Å². The third-order valence-corrected chi connectivity index (χ3v) is 9.63. The van der Waals surface area contributed by atoms with Gasteiger partial charge in [0.05, 0.1) is 11.0 Å². The van der Waals surface area contributed by atoms with Crippen LogP contribution in [0.1, 0.15) is 63.5 Å². The Morgan fingerprint density at radius 2 is 1.92 bits per heavy atom. The number of aliphatic hydroxyl groups is 1. The van der Waals surface area contributed by atoms with Crippen molar-refractivity contribution in [2.24, 2.45) is 5.92 Å². The molecule has 1 amide bonds. The van der Waals surface area contributed by atoms with E-state index in [1.807, 2.05) is 13.1 Å². The van der Waals surface area contributed by atoms with Gasteiger partial charge in [-0.15, -0.1) is 0 Å². The minimum atomic E-state index is -1.23. The third kappa shape index (κ3) is 3.78. The van der Waals surface area contributed by atoms with Crippen LogP contribution in [0.25, 0.3) is 0 Å². The van der Waals surface area contributed by atoms with Crippen LogP contribution >= 0.6 is 0 Å². The lowest BCUT2D eigenvalue weighted by atomic mass is 9.50. The number of carbonyl (C=O) groups excluding carboxylic acids is 3. The van der Waals surface area contributed by atoms with E-state index < -0.39 is 41.2 Å². The lowest BCUT2D eigenvalue weighted by molar-refractivity contribution is -0.176. The Morgan fingerprint density at radius 3 is 2.67 bits per heavy atom. The fraction of sp³-hybridized carbons (Fsp3) is 0.621. The first-order valence-corrected chi connectivity index (χ1v) is 13.9. The monoisotopic (exact) mass is 540 g/mol. The van der Waals surface area contributed by atoms with Gasteiger partial charge in [-0.2, -0.15) is 0 Å². The normalized spacial score (nSPS) is 32.4. The van der Waals surface area contributed by atoms with Crippen molar-refractivity contribution in [3.05, 3.63) is 35.1 Å². The molecule has 1 aromatic carbocycles. The highest BCUT2D eigenvalue weighted by atomic mass is 16.6. The zero-order chi connectivity index (χ0) is 27.7. The van der Waals surface area contributed by atoms with Crippen molar-refractivity contribution < 1.29 is 38.8 Å².